The normalized spacial score (nSPS) is 33.2. The zero-order valence-electron chi connectivity index (χ0n) is 8.13. The Labute approximate surface area is 79.8 Å². The first-order valence-corrected chi connectivity index (χ1v) is 5.42. The second-order valence-corrected chi connectivity index (χ2v) is 4.44. The van der Waals surface area contributed by atoms with Crippen LogP contribution in [0.3, 0.4) is 0 Å². The lowest BCUT2D eigenvalue weighted by Crippen LogP contribution is -2.22. The van der Waals surface area contributed by atoms with Gasteiger partial charge in [0, 0.05) is 5.92 Å². The van der Waals surface area contributed by atoms with Crippen LogP contribution < -0.4 is 5.73 Å². The first-order chi connectivity index (χ1) is 6.31. The van der Waals surface area contributed by atoms with Crippen molar-refractivity contribution in [2.24, 2.45) is 17.6 Å². The lowest BCUT2D eigenvalue weighted by Gasteiger charge is -2.27. The molecule has 2 aliphatic carbocycles. The van der Waals surface area contributed by atoms with Gasteiger partial charge in [0.2, 0.25) is 0 Å². The zero-order chi connectivity index (χ0) is 9.26. The number of aliphatic hydroxyl groups excluding tert-OH is 1. The van der Waals surface area contributed by atoms with E-state index in [0.717, 1.165) is 38.0 Å². The molecule has 0 aliphatic heterocycles. The van der Waals surface area contributed by atoms with E-state index in [0.29, 0.717) is 11.8 Å². The molecule has 0 atom stereocenters. The van der Waals surface area contributed by atoms with Gasteiger partial charge in [-0.1, -0.05) is 0 Å². The Balaban J connectivity index is 1.87. The minimum atomic E-state index is 0.472. The van der Waals surface area contributed by atoms with E-state index < -0.39 is 0 Å². The number of nitrogens with two attached hydrogens (primary N) is 1. The van der Waals surface area contributed by atoms with Crippen LogP contribution in [0.1, 0.15) is 38.5 Å². The summed E-state index contributed by atoms with van der Waals surface area (Å²) >= 11 is 0. The summed E-state index contributed by atoms with van der Waals surface area (Å²) in [6, 6.07) is 0. The van der Waals surface area contributed by atoms with Crippen LogP contribution in [0.2, 0.25) is 0 Å². The fraction of sp³-hybridized carbons (Fsp3) is 0.818. The summed E-state index contributed by atoms with van der Waals surface area (Å²) in [5.74, 6) is 1.92. The summed E-state index contributed by atoms with van der Waals surface area (Å²) in [6.45, 7) is 0.823. The smallest absolute Gasteiger partial charge is 0.0945 e. The lowest BCUT2D eigenvalue weighted by molar-refractivity contribution is 0.237. The quantitative estimate of drug-likeness (QED) is 0.642. The topological polar surface area (TPSA) is 46.2 Å². The van der Waals surface area contributed by atoms with Crippen LogP contribution in [0.4, 0.5) is 0 Å². The predicted octanol–water partition coefficient (Wildman–Crippen LogP) is 2.36. The van der Waals surface area contributed by atoms with E-state index in [1.54, 1.807) is 0 Å². The van der Waals surface area contributed by atoms with Gasteiger partial charge in [-0.05, 0) is 56.6 Å². The number of hydrogen-bond acceptors (Lipinski definition) is 2. The van der Waals surface area contributed by atoms with Gasteiger partial charge in [0.05, 0.1) is 5.76 Å². The third-order valence-corrected chi connectivity index (χ3v) is 3.43. The minimum Gasteiger partial charge on any atom is -0.512 e. The van der Waals surface area contributed by atoms with Gasteiger partial charge in [-0.25, -0.2) is 0 Å². The Morgan fingerprint density at radius 1 is 1.23 bits per heavy atom. The molecule has 2 aliphatic rings. The Kier molecular flexibility index (Phi) is 2.58. The summed E-state index contributed by atoms with van der Waals surface area (Å²) < 4.78 is 0. The third kappa shape index (κ3) is 2.05. The van der Waals surface area contributed by atoms with Gasteiger partial charge in [0.15, 0.2) is 0 Å². The monoisotopic (exact) mass is 181 g/mol. The minimum absolute atomic E-state index is 0.472. The molecule has 2 saturated carbocycles. The van der Waals surface area contributed by atoms with Gasteiger partial charge in [0.25, 0.3) is 0 Å². The number of allylic oxidation sites excluding steroid dienone is 2. The van der Waals surface area contributed by atoms with E-state index in [1.165, 1.54) is 18.4 Å². The molecule has 2 heteroatoms. The molecule has 0 aromatic rings. The zero-order valence-corrected chi connectivity index (χ0v) is 8.13. The maximum atomic E-state index is 9.82. The Morgan fingerprint density at radius 3 is 2.31 bits per heavy atom. The van der Waals surface area contributed by atoms with Crippen molar-refractivity contribution in [1.29, 1.82) is 0 Å². The first kappa shape index (κ1) is 9.07. The molecular weight excluding hydrogens is 162 g/mol. The fourth-order valence-electron chi connectivity index (χ4n) is 2.28. The van der Waals surface area contributed by atoms with E-state index in [4.69, 9.17) is 5.73 Å². The molecule has 0 amide bonds. The van der Waals surface area contributed by atoms with Crippen LogP contribution in [0.5, 0.6) is 0 Å². The summed E-state index contributed by atoms with van der Waals surface area (Å²) in [7, 11) is 0. The van der Waals surface area contributed by atoms with Crippen LogP contribution in [0, 0.1) is 11.8 Å². The summed E-state index contributed by atoms with van der Waals surface area (Å²) in [6.07, 6.45) is 7.00. The number of aliphatic hydroxyl groups is 1. The molecule has 0 heterocycles. The molecule has 2 nitrogen and oxygen atoms in total. The van der Waals surface area contributed by atoms with Crippen molar-refractivity contribution < 1.29 is 5.11 Å². The van der Waals surface area contributed by atoms with Gasteiger partial charge in [-0.15, -0.1) is 0 Å². The van der Waals surface area contributed by atoms with Crippen molar-refractivity contribution in [2.75, 3.05) is 6.54 Å². The predicted molar refractivity (Wildman–Crippen MR) is 53.4 cm³/mol. The highest BCUT2D eigenvalue weighted by Crippen LogP contribution is 2.39. The van der Waals surface area contributed by atoms with E-state index in [1.807, 2.05) is 0 Å². The molecule has 2 rings (SSSR count). The molecule has 0 aromatic carbocycles. The molecule has 3 N–H and O–H groups in total. The molecule has 0 aromatic heterocycles. The number of rotatable bonds is 2. The fourth-order valence-corrected chi connectivity index (χ4v) is 2.28. The molecule has 0 radical (unpaired) electrons. The van der Waals surface area contributed by atoms with Crippen molar-refractivity contribution >= 4 is 0 Å². The number of hydrogen-bond donors (Lipinski definition) is 2. The average Bonchev–Trinajstić information content (AvgIpc) is 3.00. The SMILES string of the molecule is NCC1CCC(C(O)=C2CC2)CC1. The van der Waals surface area contributed by atoms with E-state index in [-0.39, 0.29) is 0 Å². The van der Waals surface area contributed by atoms with Gasteiger partial charge >= 0.3 is 0 Å². The molecule has 0 unspecified atom stereocenters. The first-order valence-electron chi connectivity index (χ1n) is 5.42. The van der Waals surface area contributed by atoms with Crippen molar-refractivity contribution in [1.82, 2.24) is 0 Å². The largest absolute Gasteiger partial charge is 0.512 e. The molecule has 0 spiro atoms. The van der Waals surface area contributed by atoms with Crippen molar-refractivity contribution in [3.63, 3.8) is 0 Å². The second kappa shape index (κ2) is 3.70. The standard InChI is InChI=1S/C11H19NO/c12-7-8-1-3-9(4-2-8)11(13)10-5-6-10/h8-9,13H,1-7,12H2. The maximum absolute atomic E-state index is 9.82. The highest BCUT2D eigenvalue weighted by atomic mass is 16.3. The average molecular weight is 181 g/mol. The third-order valence-electron chi connectivity index (χ3n) is 3.43. The highest BCUT2D eigenvalue weighted by molar-refractivity contribution is 5.22. The molecule has 0 bridgehead atoms. The van der Waals surface area contributed by atoms with Crippen LogP contribution in [0.25, 0.3) is 0 Å². The van der Waals surface area contributed by atoms with Crippen molar-refractivity contribution in [3.8, 4) is 0 Å². The van der Waals surface area contributed by atoms with Crippen LogP contribution in [0.15, 0.2) is 11.3 Å². The highest BCUT2D eigenvalue weighted by Gasteiger charge is 2.27. The molecule has 0 saturated heterocycles. The summed E-state index contributed by atoms with van der Waals surface area (Å²) in [5, 5.41) is 9.82. The van der Waals surface area contributed by atoms with Gasteiger partial charge in [0.1, 0.15) is 0 Å². The van der Waals surface area contributed by atoms with E-state index in [2.05, 4.69) is 0 Å². The summed E-state index contributed by atoms with van der Waals surface area (Å²) in [5.41, 5.74) is 6.94. The Hall–Kier alpha value is -0.500. The van der Waals surface area contributed by atoms with E-state index in [9.17, 15) is 5.11 Å². The lowest BCUT2D eigenvalue weighted by atomic mass is 9.81. The maximum Gasteiger partial charge on any atom is 0.0945 e. The van der Waals surface area contributed by atoms with Gasteiger partial charge in [-0.2, -0.15) is 0 Å². The molecule has 2 fully saturated rings. The van der Waals surface area contributed by atoms with Crippen LogP contribution >= 0.6 is 0 Å². The Morgan fingerprint density at radius 2 is 1.85 bits per heavy atom. The van der Waals surface area contributed by atoms with Crippen molar-refractivity contribution in [3.05, 3.63) is 11.3 Å². The molecular formula is C11H19NO. The van der Waals surface area contributed by atoms with E-state index >= 15 is 0 Å². The van der Waals surface area contributed by atoms with Crippen LogP contribution in [-0.2, 0) is 0 Å². The Bertz CT molecular complexity index is 208. The molecule has 13 heavy (non-hydrogen) atoms. The van der Waals surface area contributed by atoms with Gasteiger partial charge in [-0.3, -0.25) is 0 Å². The van der Waals surface area contributed by atoms with Crippen molar-refractivity contribution in [2.45, 2.75) is 38.5 Å². The molecule has 74 valence electrons. The second-order valence-electron chi connectivity index (χ2n) is 4.44. The van der Waals surface area contributed by atoms with Crippen LogP contribution in [-0.4, -0.2) is 11.7 Å². The summed E-state index contributed by atoms with van der Waals surface area (Å²) in [4.78, 5) is 0. The van der Waals surface area contributed by atoms with Gasteiger partial charge < -0.3 is 10.8 Å².